The van der Waals surface area contributed by atoms with Crippen molar-refractivity contribution in [2.75, 3.05) is 20.1 Å². The van der Waals surface area contributed by atoms with Gasteiger partial charge in [0.15, 0.2) is 0 Å². The van der Waals surface area contributed by atoms with E-state index in [0.29, 0.717) is 23.3 Å². The molecule has 0 N–H and O–H groups in total. The first kappa shape index (κ1) is 14.0. The lowest BCUT2D eigenvalue weighted by molar-refractivity contribution is -0.144. The van der Waals surface area contributed by atoms with E-state index in [0.717, 1.165) is 0 Å². The topological polar surface area (TPSA) is 53.5 Å². The molecular weight excluding hydrogens is 310 g/mol. The Balaban J connectivity index is 2.34. The zero-order valence-corrected chi connectivity index (χ0v) is 12.8. The molecule has 0 radical (unpaired) electrons. The number of likely N-dealkylation sites (N-methyl/N-ethyl adjacent to an activating group) is 1. The van der Waals surface area contributed by atoms with E-state index < -0.39 is 5.54 Å². The third kappa shape index (κ3) is 2.36. The molecule has 2 rings (SSSR count). The summed E-state index contributed by atoms with van der Waals surface area (Å²) in [6.45, 7) is 4.61. The van der Waals surface area contributed by atoms with E-state index in [1.807, 2.05) is 0 Å². The highest BCUT2D eigenvalue weighted by Crippen LogP contribution is 2.25. The lowest BCUT2D eigenvalue weighted by Crippen LogP contribution is -2.63. The largest absolute Gasteiger partial charge is 0.342 e. The van der Waals surface area contributed by atoms with E-state index in [9.17, 15) is 9.59 Å². The summed E-state index contributed by atoms with van der Waals surface area (Å²) in [5.41, 5.74) is -0.354. The summed E-state index contributed by atoms with van der Waals surface area (Å²) in [7, 11) is 1.76. The van der Waals surface area contributed by atoms with E-state index in [4.69, 9.17) is 0 Å². The summed E-state index contributed by atoms with van der Waals surface area (Å²) in [5.74, 6) is -0.224. The summed E-state index contributed by atoms with van der Waals surface area (Å²) in [5, 5.41) is 0. The highest BCUT2D eigenvalue weighted by molar-refractivity contribution is 9.10. The zero-order chi connectivity index (χ0) is 14.2. The van der Waals surface area contributed by atoms with Crippen LogP contribution < -0.4 is 0 Å². The van der Waals surface area contributed by atoms with Gasteiger partial charge in [-0.2, -0.15) is 0 Å². The van der Waals surface area contributed by atoms with Gasteiger partial charge in [-0.1, -0.05) is 0 Å². The maximum atomic E-state index is 12.6. The number of nitrogens with zero attached hydrogens (tertiary/aromatic N) is 3. The lowest BCUT2D eigenvalue weighted by Gasteiger charge is -2.44. The van der Waals surface area contributed by atoms with Gasteiger partial charge in [0.2, 0.25) is 5.91 Å². The molecule has 0 aromatic carbocycles. The molecule has 0 aliphatic carbocycles. The molecule has 1 aromatic rings. The van der Waals surface area contributed by atoms with E-state index in [1.165, 1.54) is 0 Å². The molecule has 1 saturated heterocycles. The number of aromatic nitrogens is 1. The van der Waals surface area contributed by atoms with Crippen LogP contribution in [0.4, 0.5) is 0 Å². The Bertz CT molecular complexity index is 530. The summed E-state index contributed by atoms with van der Waals surface area (Å²) < 4.78 is 0.502. The first-order chi connectivity index (χ1) is 8.85. The third-order valence-electron chi connectivity index (χ3n) is 3.44. The van der Waals surface area contributed by atoms with Gasteiger partial charge in [-0.3, -0.25) is 9.59 Å². The van der Waals surface area contributed by atoms with Crippen molar-refractivity contribution >= 4 is 27.7 Å². The van der Waals surface area contributed by atoms with Gasteiger partial charge < -0.3 is 9.80 Å². The van der Waals surface area contributed by atoms with Crippen LogP contribution in [0.25, 0.3) is 0 Å². The Morgan fingerprint density at radius 3 is 2.74 bits per heavy atom. The lowest BCUT2D eigenvalue weighted by atomic mass is 9.97. The Morgan fingerprint density at radius 1 is 1.42 bits per heavy atom. The Morgan fingerprint density at radius 2 is 2.11 bits per heavy atom. The van der Waals surface area contributed by atoms with Crippen molar-refractivity contribution in [1.29, 1.82) is 0 Å². The monoisotopic (exact) mass is 325 g/mol. The second-order valence-corrected chi connectivity index (χ2v) is 5.84. The maximum absolute atomic E-state index is 12.6. The van der Waals surface area contributed by atoms with Crippen LogP contribution in [0.1, 0.15) is 24.2 Å². The minimum Gasteiger partial charge on any atom is -0.342 e. The number of piperazine rings is 1. The fourth-order valence-corrected chi connectivity index (χ4v) is 2.68. The number of amides is 2. The Labute approximate surface area is 120 Å². The first-order valence-electron chi connectivity index (χ1n) is 6.03. The van der Waals surface area contributed by atoms with Crippen LogP contribution in [-0.2, 0) is 4.79 Å². The molecule has 5 nitrogen and oxygen atoms in total. The molecule has 102 valence electrons. The second kappa shape index (κ2) is 4.92. The van der Waals surface area contributed by atoms with Crippen molar-refractivity contribution in [1.82, 2.24) is 14.8 Å². The second-order valence-electron chi connectivity index (χ2n) is 5.08. The van der Waals surface area contributed by atoms with Crippen molar-refractivity contribution in [3.8, 4) is 0 Å². The minimum absolute atomic E-state index is 0.0490. The van der Waals surface area contributed by atoms with Gasteiger partial charge in [0, 0.05) is 26.3 Å². The molecule has 1 fully saturated rings. The van der Waals surface area contributed by atoms with Gasteiger partial charge in [0.1, 0.15) is 10.1 Å². The molecule has 1 aliphatic rings. The molecule has 0 unspecified atom stereocenters. The fourth-order valence-electron chi connectivity index (χ4n) is 2.26. The van der Waals surface area contributed by atoms with Crippen molar-refractivity contribution in [2.24, 2.45) is 0 Å². The summed E-state index contributed by atoms with van der Waals surface area (Å²) in [4.78, 5) is 32.1. The fraction of sp³-hybridized carbons (Fsp3) is 0.462. The minimum atomic E-state index is -0.834. The molecule has 1 aliphatic heterocycles. The first-order valence-corrected chi connectivity index (χ1v) is 6.83. The number of hydrogen-bond acceptors (Lipinski definition) is 3. The molecule has 1 aromatic heterocycles. The Kier molecular flexibility index (Phi) is 3.62. The number of pyridine rings is 1. The molecule has 2 amide bonds. The van der Waals surface area contributed by atoms with Gasteiger partial charge in [-0.25, -0.2) is 4.98 Å². The Hall–Kier alpha value is -1.43. The van der Waals surface area contributed by atoms with Crippen molar-refractivity contribution in [3.63, 3.8) is 0 Å². The average molecular weight is 326 g/mol. The number of carbonyl (C=O) groups is 2. The predicted octanol–water partition coefficient (Wildman–Crippen LogP) is 1.54. The highest BCUT2D eigenvalue weighted by Gasteiger charge is 2.43. The average Bonchev–Trinajstić information content (AvgIpc) is 2.36. The van der Waals surface area contributed by atoms with Crippen LogP contribution in [0.3, 0.4) is 0 Å². The van der Waals surface area contributed by atoms with Crippen LogP contribution in [0.5, 0.6) is 0 Å². The number of halogens is 1. The molecular formula is C13H16BrN3O2. The molecule has 0 bridgehead atoms. The molecule has 6 heteroatoms. The number of carbonyl (C=O) groups excluding carboxylic acids is 2. The predicted molar refractivity (Wildman–Crippen MR) is 74.7 cm³/mol. The van der Waals surface area contributed by atoms with Crippen molar-refractivity contribution in [2.45, 2.75) is 19.4 Å². The van der Waals surface area contributed by atoms with Crippen LogP contribution in [0.2, 0.25) is 0 Å². The SMILES string of the molecule is CN1CCN(C(=O)c2cccnc2Br)C(C)(C)C1=O. The van der Waals surface area contributed by atoms with Crippen LogP contribution in [0, 0.1) is 0 Å². The van der Waals surface area contributed by atoms with Gasteiger partial charge in [-0.05, 0) is 41.9 Å². The van der Waals surface area contributed by atoms with Gasteiger partial charge in [0.05, 0.1) is 5.56 Å². The molecule has 0 atom stereocenters. The smallest absolute Gasteiger partial charge is 0.257 e. The van der Waals surface area contributed by atoms with E-state index >= 15 is 0 Å². The third-order valence-corrected chi connectivity index (χ3v) is 4.07. The standard InChI is InChI=1S/C13H16BrN3O2/c1-13(2)12(19)16(3)7-8-17(13)11(18)9-5-4-6-15-10(9)14/h4-6H,7-8H2,1-3H3. The van der Waals surface area contributed by atoms with Crippen molar-refractivity contribution < 1.29 is 9.59 Å². The van der Waals surface area contributed by atoms with Crippen molar-refractivity contribution in [3.05, 3.63) is 28.5 Å². The van der Waals surface area contributed by atoms with Crippen LogP contribution in [-0.4, -0.2) is 52.3 Å². The van der Waals surface area contributed by atoms with Gasteiger partial charge in [0.25, 0.3) is 5.91 Å². The van der Waals surface area contributed by atoms with Gasteiger partial charge in [-0.15, -0.1) is 0 Å². The molecule has 0 spiro atoms. The summed E-state index contributed by atoms with van der Waals surface area (Å²) >= 11 is 3.27. The molecule has 19 heavy (non-hydrogen) atoms. The molecule has 0 saturated carbocycles. The summed E-state index contributed by atoms with van der Waals surface area (Å²) in [6.07, 6.45) is 1.61. The van der Waals surface area contributed by atoms with Gasteiger partial charge >= 0.3 is 0 Å². The molecule has 2 heterocycles. The quantitative estimate of drug-likeness (QED) is 0.736. The maximum Gasteiger partial charge on any atom is 0.257 e. The van der Waals surface area contributed by atoms with E-state index in [-0.39, 0.29) is 11.8 Å². The number of hydrogen-bond donors (Lipinski definition) is 0. The highest BCUT2D eigenvalue weighted by atomic mass is 79.9. The zero-order valence-electron chi connectivity index (χ0n) is 11.2. The van der Waals surface area contributed by atoms with Crippen LogP contribution >= 0.6 is 15.9 Å². The normalized spacial score (nSPS) is 18.6. The van der Waals surface area contributed by atoms with Crippen LogP contribution in [0.15, 0.2) is 22.9 Å². The summed E-state index contributed by atoms with van der Waals surface area (Å²) in [6, 6.07) is 3.42. The van der Waals surface area contributed by atoms with E-state index in [2.05, 4.69) is 20.9 Å². The van der Waals surface area contributed by atoms with E-state index in [1.54, 1.807) is 49.0 Å². The number of rotatable bonds is 1.